The molecule has 3 aromatic rings. The molecule has 0 saturated carbocycles. The van der Waals surface area contributed by atoms with E-state index in [1.807, 2.05) is 18.2 Å². The summed E-state index contributed by atoms with van der Waals surface area (Å²) in [4.78, 5) is 12.9. The fourth-order valence-electron chi connectivity index (χ4n) is 3.46. The molecule has 2 nitrogen and oxygen atoms in total. The summed E-state index contributed by atoms with van der Waals surface area (Å²) in [5, 5.41) is 0.625. The van der Waals surface area contributed by atoms with Crippen LogP contribution >= 0.6 is 11.3 Å². The highest BCUT2D eigenvalue weighted by Crippen LogP contribution is 2.34. The average molecular weight is 433 g/mol. The molecule has 3 rings (SSSR count). The number of rotatable bonds is 11. The zero-order valence-electron chi connectivity index (χ0n) is 18.6. The molecular formula is C28H32O2S. The molecule has 0 bridgehead atoms. The Kier molecular flexibility index (Phi) is 9.11. The van der Waals surface area contributed by atoms with Gasteiger partial charge in [0.05, 0.1) is 0 Å². The van der Waals surface area contributed by atoms with Gasteiger partial charge in [0.2, 0.25) is 0 Å². The van der Waals surface area contributed by atoms with Crippen molar-refractivity contribution in [3.63, 3.8) is 0 Å². The van der Waals surface area contributed by atoms with Crippen LogP contribution in [0.1, 0.15) is 57.9 Å². The Hall–Kier alpha value is -2.65. The molecule has 0 N–H and O–H groups in total. The van der Waals surface area contributed by atoms with E-state index in [1.165, 1.54) is 66.2 Å². The lowest BCUT2D eigenvalue weighted by atomic mass is 10.00. The number of benzene rings is 2. The maximum atomic E-state index is 11.8. The van der Waals surface area contributed by atoms with E-state index in [0.717, 1.165) is 23.3 Å². The Morgan fingerprint density at radius 2 is 1.48 bits per heavy atom. The van der Waals surface area contributed by atoms with Crippen molar-refractivity contribution in [3.8, 4) is 26.6 Å². The van der Waals surface area contributed by atoms with Crippen molar-refractivity contribution in [1.29, 1.82) is 0 Å². The van der Waals surface area contributed by atoms with Crippen LogP contribution in [0.25, 0.3) is 21.6 Å². The molecule has 1 aromatic heterocycles. The van der Waals surface area contributed by atoms with E-state index in [2.05, 4.69) is 62.4 Å². The van der Waals surface area contributed by atoms with Gasteiger partial charge in [-0.1, -0.05) is 105 Å². The largest absolute Gasteiger partial charge is 0.412 e. The molecule has 0 aliphatic carbocycles. The Morgan fingerprint density at radius 3 is 2.16 bits per heavy atom. The Labute approximate surface area is 190 Å². The normalized spacial score (nSPS) is 11.2. The summed E-state index contributed by atoms with van der Waals surface area (Å²) in [6.07, 6.45) is 11.6. The summed E-state index contributed by atoms with van der Waals surface area (Å²) in [7, 11) is 0. The van der Waals surface area contributed by atoms with Crippen LogP contribution < -0.4 is 4.74 Å². The van der Waals surface area contributed by atoms with Crippen molar-refractivity contribution in [2.75, 3.05) is 0 Å². The van der Waals surface area contributed by atoms with Gasteiger partial charge in [0.25, 0.3) is 0 Å². The topological polar surface area (TPSA) is 26.3 Å². The van der Waals surface area contributed by atoms with E-state index in [9.17, 15) is 4.79 Å². The first kappa shape index (κ1) is 23.0. The van der Waals surface area contributed by atoms with Gasteiger partial charge in [-0.25, -0.2) is 4.79 Å². The third kappa shape index (κ3) is 7.22. The molecule has 0 unspecified atom stereocenters. The lowest BCUT2D eigenvalue weighted by Gasteiger charge is -2.06. The van der Waals surface area contributed by atoms with Crippen LogP contribution in [0.15, 0.2) is 72.8 Å². The van der Waals surface area contributed by atoms with Gasteiger partial charge in [-0.05, 0) is 53.6 Å². The van der Waals surface area contributed by atoms with E-state index >= 15 is 0 Å². The SMILES string of the molecule is CCCC=CC(=O)Oc1ccc(-c2ccc(-c3ccc(CCCCCC)cc3)cc2)s1. The molecule has 2 aromatic carbocycles. The van der Waals surface area contributed by atoms with Gasteiger partial charge in [0.1, 0.15) is 0 Å². The van der Waals surface area contributed by atoms with Crippen molar-refractivity contribution >= 4 is 17.3 Å². The van der Waals surface area contributed by atoms with Crippen molar-refractivity contribution in [2.24, 2.45) is 0 Å². The van der Waals surface area contributed by atoms with Crippen molar-refractivity contribution in [2.45, 2.75) is 58.8 Å². The Bertz CT molecular complexity index is 965. The van der Waals surface area contributed by atoms with Crippen LogP contribution in [0.4, 0.5) is 0 Å². The zero-order valence-corrected chi connectivity index (χ0v) is 19.4. The number of hydrogen-bond donors (Lipinski definition) is 0. The van der Waals surface area contributed by atoms with Gasteiger partial charge < -0.3 is 4.74 Å². The zero-order chi connectivity index (χ0) is 21.9. The van der Waals surface area contributed by atoms with Gasteiger partial charge in [0.15, 0.2) is 5.06 Å². The number of ether oxygens (including phenoxy) is 1. The minimum Gasteiger partial charge on any atom is -0.412 e. The first-order valence-electron chi connectivity index (χ1n) is 11.4. The van der Waals surface area contributed by atoms with Crippen molar-refractivity contribution in [1.82, 2.24) is 0 Å². The van der Waals surface area contributed by atoms with Crippen LogP contribution in [0.5, 0.6) is 5.06 Å². The van der Waals surface area contributed by atoms with Gasteiger partial charge in [-0.15, -0.1) is 0 Å². The Balaban J connectivity index is 1.59. The van der Waals surface area contributed by atoms with E-state index in [4.69, 9.17) is 4.74 Å². The van der Waals surface area contributed by atoms with E-state index in [-0.39, 0.29) is 5.97 Å². The minimum absolute atomic E-state index is 0.314. The van der Waals surface area contributed by atoms with Crippen LogP contribution in [-0.4, -0.2) is 5.97 Å². The molecule has 0 atom stereocenters. The predicted octanol–water partition coefficient (Wildman–Crippen LogP) is 8.47. The second kappa shape index (κ2) is 12.3. The van der Waals surface area contributed by atoms with Crippen LogP contribution in [0.3, 0.4) is 0 Å². The number of carbonyl (C=O) groups is 1. The summed E-state index contributed by atoms with van der Waals surface area (Å²) < 4.78 is 5.40. The number of carbonyl (C=O) groups excluding carboxylic acids is 1. The van der Waals surface area contributed by atoms with Gasteiger partial charge in [0, 0.05) is 11.0 Å². The lowest BCUT2D eigenvalue weighted by Crippen LogP contribution is -2.01. The van der Waals surface area contributed by atoms with E-state index in [1.54, 1.807) is 0 Å². The molecule has 0 aliphatic rings. The summed E-state index contributed by atoms with van der Waals surface area (Å²) in [5.41, 5.74) is 5.00. The minimum atomic E-state index is -0.314. The quantitative estimate of drug-likeness (QED) is 0.172. The highest BCUT2D eigenvalue weighted by molar-refractivity contribution is 7.17. The second-order valence-corrected chi connectivity index (χ2v) is 8.86. The average Bonchev–Trinajstić information content (AvgIpc) is 3.26. The van der Waals surface area contributed by atoms with Gasteiger partial charge in [-0.2, -0.15) is 0 Å². The lowest BCUT2D eigenvalue weighted by molar-refractivity contribution is -0.128. The number of thiophene rings is 1. The molecule has 0 saturated heterocycles. The number of aryl methyl sites for hydroxylation is 1. The number of unbranched alkanes of at least 4 members (excludes halogenated alkanes) is 4. The highest BCUT2D eigenvalue weighted by atomic mass is 32.1. The second-order valence-electron chi connectivity index (χ2n) is 7.82. The number of hydrogen-bond acceptors (Lipinski definition) is 3. The molecule has 31 heavy (non-hydrogen) atoms. The molecule has 1 heterocycles. The van der Waals surface area contributed by atoms with Crippen molar-refractivity contribution in [3.05, 3.63) is 78.4 Å². The van der Waals surface area contributed by atoms with Crippen LogP contribution in [0.2, 0.25) is 0 Å². The summed E-state index contributed by atoms with van der Waals surface area (Å²) in [6.45, 7) is 4.33. The van der Waals surface area contributed by atoms with Crippen molar-refractivity contribution < 1.29 is 9.53 Å². The third-order valence-electron chi connectivity index (χ3n) is 5.27. The smallest absolute Gasteiger partial charge is 0.336 e. The molecule has 0 spiro atoms. The summed E-state index contributed by atoms with van der Waals surface area (Å²) in [6, 6.07) is 21.4. The molecular weight excluding hydrogens is 400 g/mol. The predicted molar refractivity (Wildman–Crippen MR) is 133 cm³/mol. The fourth-order valence-corrected chi connectivity index (χ4v) is 4.32. The molecule has 162 valence electrons. The number of allylic oxidation sites excluding steroid dienone is 1. The maximum absolute atomic E-state index is 11.8. The summed E-state index contributed by atoms with van der Waals surface area (Å²) >= 11 is 1.49. The molecule has 0 aliphatic heterocycles. The number of esters is 1. The van der Waals surface area contributed by atoms with Crippen LogP contribution in [0, 0.1) is 0 Å². The molecule has 0 radical (unpaired) electrons. The van der Waals surface area contributed by atoms with E-state index in [0.29, 0.717) is 5.06 Å². The first-order valence-corrected chi connectivity index (χ1v) is 12.2. The van der Waals surface area contributed by atoms with Gasteiger partial charge >= 0.3 is 5.97 Å². The summed E-state index contributed by atoms with van der Waals surface area (Å²) in [5.74, 6) is -0.314. The molecule has 0 amide bonds. The molecule has 3 heteroatoms. The Morgan fingerprint density at radius 1 is 0.806 bits per heavy atom. The highest BCUT2D eigenvalue weighted by Gasteiger charge is 2.07. The van der Waals surface area contributed by atoms with Crippen LogP contribution in [-0.2, 0) is 11.2 Å². The monoisotopic (exact) mass is 432 g/mol. The first-order chi connectivity index (χ1) is 15.2. The molecule has 0 fully saturated rings. The van der Waals surface area contributed by atoms with Gasteiger partial charge in [-0.3, -0.25) is 0 Å². The fraction of sp³-hybridized carbons (Fsp3) is 0.321. The third-order valence-corrected chi connectivity index (χ3v) is 6.28. The van der Waals surface area contributed by atoms with E-state index < -0.39 is 0 Å². The standard InChI is InChI=1S/C28H32O2S/c1-3-5-7-9-10-22-12-14-23(15-13-22)24-16-18-25(19-17-24)26-20-21-28(31-26)30-27(29)11-8-6-4-2/h8,11-21H,3-7,9-10H2,1-2H3. The maximum Gasteiger partial charge on any atom is 0.336 e.